The number of hydrogen-bond donors (Lipinski definition) is 1. The number of hydrogen-bond acceptors (Lipinski definition) is 1. The van der Waals surface area contributed by atoms with Crippen LogP contribution in [0, 0.1) is 5.82 Å². The Morgan fingerprint density at radius 1 is 1.44 bits per heavy atom. The van der Waals surface area contributed by atoms with Crippen LogP contribution in [0.1, 0.15) is 32.6 Å². The summed E-state index contributed by atoms with van der Waals surface area (Å²) < 4.78 is 13.5. The minimum absolute atomic E-state index is 0.0600. The zero-order chi connectivity index (χ0) is 12.0. The van der Waals surface area contributed by atoms with Crippen LogP contribution < -0.4 is 5.32 Å². The minimum Gasteiger partial charge on any atom is -0.326 e. The highest BCUT2D eigenvalue weighted by Gasteiger charge is 2.04. The van der Waals surface area contributed by atoms with Crippen molar-refractivity contribution in [3.8, 4) is 0 Å². The van der Waals surface area contributed by atoms with Crippen molar-refractivity contribution >= 4 is 27.5 Å². The molecule has 2 nitrogen and oxygen atoms in total. The third-order valence-corrected chi connectivity index (χ3v) is 2.85. The Bertz CT molecular complexity index is 368. The molecule has 1 aromatic carbocycles. The van der Waals surface area contributed by atoms with E-state index in [4.69, 9.17) is 0 Å². The summed E-state index contributed by atoms with van der Waals surface area (Å²) >= 11 is 3.06. The maximum Gasteiger partial charge on any atom is 0.224 e. The standard InChI is InChI=1S/C12H15BrFNO/c1-2-3-4-5-12(16)15-9-6-7-10(13)11(14)8-9/h6-8H,2-5H2,1H3,(H,15,16). The molecule has 0 bridgehead atoms. The lowest BCUT2D eigenvalue weighted by atomic mass is 10.2. The second kappa shape index (κ2) is 6.63. The van der Waals surface area contributed by atoms with Gasteiger partial charge in [0.1, 0.15) is 5.82 Å². The van der Waals surface area contributed by atoms with Crippen LogP contribution in [0.2, 0.25) is 0 Å². The molecule has 1 rings (SSSR count). The number of amides is 1. The van der Waals surface area contributed by atoms with E-state index < -0.39 is 0 Å². The van der Waals surface area contributed by atoms with Gasteiger partial charge in [-0.3, -0.25) is 4.79 Å². The third-order valence-electron chi connectivity index (χ3n) is 2.21. The molecule has 4 heteroatoms. The van der Waals surface area contributed by atoms with Crippen molar-refractivity contribution < 1.29 is 9.18 Å². The Hall–Kier alpha value is -0.900. The minimum atomic E-state index is -0.369. The molecule has 0 heterocycles. The molecule has 0 saturated heterocycles. The Morgan fingerprint density at radius 2 is 2.19 bits per heavy atom. The maximum absolute atomic E-state index is 13.1. The lowest BCUT2D eigenvalue weighted by molar-refractivity contribution is -0.116. The van der Waals surface area contributed by atoms with E-state index in [-0.39, 0.29) is 11.7 Å². The van der Waals surface area contributed by atoms with Gasteiger partial charge in [0.2, 0.25) is 5.91 Å². The van der Waals surface area contributed by atoms with E-state index >= 15 is 0 Å². The van der Waals surface area contributed by atoms with Crippen LogP contribution in [0.15, 0.2) is 22.7 Å². The molecule has 16 heavy (non-hydrogen) atoms. The molecule has 0 unspecified atom stereocenters. The van der Waals surface area contributed by atoms with Gasteiger partial charge in [-0.15, -0.1) is 0 Å². The number of nitrogens with one attached hydrogen (secondary N) is 1. The van der Waals surface area contributed by atoms with Crippen molar-refractivity contribution in [3.63, 3.8) is 0 Å². The van der Waals surface area contributed by atoms with E-state index in [1.807, 2.05) is 0 Å². The molecular weight excluding hydrogens is 273 g/mol. The van der Waals surface area contributed by atoms with Crippen molar-refractivity contribution in [3.05, 3.63) is 28.5 Å². The van der Waals surface area contributed by atoms with E-state index in [9.17, 15) is 9.18 Å². The van der Waals surface area contributed by atoms with Gasteiger partial charge in [-0.2, -0.15) is 0 Å². The number of halogens is 2. The van der Waals surface area contributed by atoms with Crippen molar-refractivity contribution in [2.45, 2.75) is 32.6 Å². The fraction of sp³-hybridized carbons (Fsp3) is 0.417. The highest BCUT2D eigenvalue weighted by Crippen LogP contribution is 2.19. The van der Waals surface area contributed by atoms with Crippen LogP contribution >= 0.6 is 15.9 Å². The molecule has 0 aliphatic carbocycles. The second-order valence-corrected chi connectivity index (χ2v) is 4.49. The Balaban J connectivity index is 2.46. The number of carbonyl (C=O) groups is 1. The summed E-state index contributed by atoms with van der Waals surface area (Å²) in [6.07, 6.45) is 3.50. The van der Waals surface area contributed by atoms with Gasteiger partial charge >= 0.3 is 0 Å². The third kappa shape index (κ3) is 4.31. The highest BCUT2D eigenvalue weighted by molar-refractivity contribution is 9.10. The maximum atomic E-state index is 13.1. The summed E-state index contributed by atoms with van der Waals surface area (Å²) in [7, 11) is 0. The highest BCUT2D eigenvalue weighted by atomic mass is 79.9. The average Bonchev–Trinajstić information content (AvgIpc) is 2.24. The number of benzene rings is 1. The van der Waals surface area contributed by atoms with Gasteiger partial charge in [0.25, 0.3) is 0 Å². The normalized spacial score (nSPS) is 10.2. The Kier molecular flexibility index (Phi) is 5.46. The first-order valence-corrected chi connectivity index (χ1v) is 6.17. The SMILES string of the molecule is CCCCCC(=O)Nc1ccc(Br)c(F)c1. The van der Waals surface area contributed by atoms with Crippen LogP contribution in [0.5, 0.6) is 0 Å². The predicted molar refractivity (Wildman–Crippen MR) is 66.9 cm³/mol. The average molecular weight is 288 g/mol. The molecule has 1 aromatic rings. The summed E-state index contributed by atoms with van der Waals surface area (Å²) in [5, 5.41) is 2.67. The van der Waals surface area contributed by atoms with Crippen LogP contribution in [-0.4, -0.2) is 5.91 Å². The van der Waals surface area contributed by atoms with E-state index in [2.05, 4.69) is 28.2 Å². The van der Waals surface area contributed by atoms with Gasteiger partial charge in [-0.05, 0) is 40.5 Å². The van der Waals surface area contributed by atoms with Gasteiger partial charge in [0, 0.05) is 12.1 Å². The monoisotopic (exact) mass is 287 g/mol. The van der Waals surface area contributed by atoms with Gasteiger partial charge in [-0.25, -0.2) is 4.39 Å². The summed E-state index contributed by atoms with van der Waals surface area (Å²) in [5.74, 6) is -0.429. The van der Waals surface area contributed by atoms with Crippen molar-refractivity contribution in [2.75, 3.05) is 5.32 Å². The summed E-state index contributed by atoms with van der Waals surface area (Å²) in [5.41, 5.74) is 0.502. The van der Waals surface area contributed by atoms with E-state index in [0.29, 0.717) is 16.6 Å². The fourth-order valence-electron chi connectivity index (χ4n) is 1.33. The lowest BCUT2D eigenvalue weighted by Crippen LogP contribution is -2.11. The molecule has 0 aliphatic rings. The molecule has 1 N–H and O–H groups in total. The van der Waals surface area contributed by atoms with E-state index in [1.165, 1.54) is 6.07 Å². The lowest BCUT2D eigenvalue weighted by Gasteiger charge is -2.05. The number of anilines is 1. The van der Waals surface area contributed by atoms with E-state index in [1.54, 1.807) is 12.1 Å². The molecule has 0 aromatic heterocycles. The molecule has 0 radical (unpaired) electrons. The molecule has 1 amide bonds. The molecule has 0 fully saturated rings. The molecule has 0 spiro atoms. The molecule has 0 aliphatic heterocycles. The molecular formula is C12H15BrFNO. The van der Waals surface area contributed by atoms with Gasteiger partial charge < -0.3 is 5.32 Å². The Morgan fingerprint density at radius 3 is 2.81 bits per heavy atom. The van der Waals surface area contributed by atoms with Crippen LogP contribution in [0.4, 0.5) is 10.1 Å². The largest absolute Gasteiger partial charge is 0.326 e. The zero-order valence-electron chi connectivity index (χ0n) is 9.22. The summed E-state index contributed by atoms with van der Waals surface area (Å²) in [4.78, 5) is 11.4. The summed E-state index contributed by atoms with van der Waals surface area (Å²) in [6, 6.07) is 4.56. The number of rotatable bonds is 5. The Labute approximate surface area is 103 Å². The van der Waals surface area contributed by atoms with Crippen LogP contribution in [0.25, 0.3) is 0 Å². The van der Waals surface area contributed by atoms with Crippen LogP contribution in [0.3, 0.4) is 0 Å². The predicted octanol–water partition coefficient (Wildman–Crippen LogP) is 4.11. The first kappa shape index (κ1) is 13.2. The second-order valence-electron chi connectivity index (χ2n) is 3.63. The van der Waals surface area contributed by atoms with E-state index in [0.717, 1.165) is 19.3 Å². The topological polar surface area (TPSA) is 29.1 Å². The quantitative estimate of drug-likeness (QED) is 0.812. The molecule has 0 saturated carbocycles. The fourth-order valence-corrected chi connectivity index (χ4v) is 1.58. The van der Waals surface area contributed by atoms with Crippen molar-refractivity contribution in [1.82, 2.24) is 0 Å². The number of carbonyl (C=O) groups excluding carboxylic acids is 1. The number of unbranched alkanes of at least 4 members (excludes halogenated alkanes) is 2. The van der Waals surface area contributed by atoms with Crippen molar-refractivity contribution in [1.29, 1.82) is 0 Å². The summed E-state index contributed by atoms with van der Waals surface area (Å²) in [6.45, 7) is 2.09. The molecule has 0 atom stereocenters. The smallest absolute Gasteiger partial charge is 0.224 e. The first-order chi connectivity index (χ1) is 7.63. The molecule has 88 valence electrons. The first-order valence-electron chi connectivity index (χ1n) is 5.38. The van der Waals surface area contributed by atoms with Gasteiger partial charge in [-0.1, -0.05) is 19.8 Å². The zero-order valence-corrected chi connectivity index (χ0v) is 10.8. The van der Waals surface area contributed by atoms with Crippen LogP contribution in [-0.2, 0) is 4.79 Å². The van der Waals surface area contributed by atoms with Gasteiger partial charge in [0.15, 0.2) is 0 Å². The van der Waals surface area contributed by atoms with Crippen molar-refractivity contribution in [2.24, 2.45) is 0 Å². The van der Waals surface area contributed by atoms with Gasteiger partial charge in [0.05, 0.1) is 4.47 Å².